The average Bonchev–Trinajstić information content (AvgIpc) is 3.45. The highest BCUT2D eigenvalue weighted by Crippen LogP contribution is 2.32. The Kier molecular flexibility index (Phi) is 8.95. The number of aromatic nitrogens is 2. The molecule has 1 aromatic heterocycles. The minimum atomic E-state index is -0.177. The Hall–Kier alpha value is -3.92. The number of likely N-dealkylation sites (tertiary alicyclic amines) is 1. The van der Waals surface area contributed by atoms with Crippen LogP contribution < -0.4 is 5.32 Å². The Balaban J connectivity index is 1.24. The molecule has 0 saturated carbocycles. The van der Waals surface area contributed by atoms with Gasteiger partial charge in [-0.15, -0.1) is 0 Å². The van der Waals surface area contributed by atoms with E-state index in [0.717, 1.165) is 54.3 Å². The first-order chi connectivity index (χ1) is 19.5. The number of nitriles is 1. The monoisotopic (exact) mass is 551 g/mol. The molecule has 2 heterocycles. The van der Waals surface area contributed by atoms with Crippen LogP contribution in [0.1, 0.15) is 59.7 Å². The molecular weight excluding hydrogens is 518 g/mol. The van der Waals surface area contributed by atoms with Crippen LogP contribution in [0.5, 0.6) is 0 Å². The molecule has 0 radical (unpaired) electrons. The number of hydrogen-bond acceptors (Lipinski definition) is 4. The minimum absolute atomic E-state index is 0.0752. The highest BCUT2D eigenvalue weighted by Gasteiger charge is 2.29. The first-order valence-electron chi connectivity index (χ1n) is 13.8. The zero-order valence-electron chi connectivity index (χ0n) is 22.7. The first kappa shape index (κ1) is 27.6. The third kappa shape index (κ3) is 6.62. The number of amides is 1. The number of carbonyl (C=O) groups is 1. The van der Waals surface area contributed by atoms with Crippen LogP contribution in [-0.2, 0) is 11.3 Å². The van der Waals surface area contributed by atoms with Gasteiger partial charge < -0.3 is 14.8 Å². The summed E-state index contributed by atoms with van der Waals surface area (Å²) >= 11 is 6.65. The second kappa shape index (κ2) is 13.0. The Morgan fingerprint density at radius 2 is 1.85 bits per heavy atom. The van der Waals surface area contributed by atoms with Crippen molar-refractivity contribution >= 4 is 17.5 Å². The van der Waals surface area contributed by atoms with Gasteiger partial charge >= 0.3 is 0 Å². The summed E-state index contributed by atoms with van der Waals surface area (Å²) in [6.07, 6.45) is 5.46. The number of piperidine rings is 1. The van der Waals surface area contributed by atoms with Gasteiger partial charge in [-0.3, -0.25) is 4.79 Å². The number of nitrogens with one attached hydrogen (secondary N) is 1. The minimum Gasteiger partial charge on any atom is -0.348 e. The molecule has 204 valence electrons. The van der Waals surface area contributed by atoms with Crippen LogP contribution in [0.25, 0.3) is 0 Å². The predicted octanol–water partition coefficient (Wildman–Crippen LogP) is 6.18. The van der Waals surface area contributed by atoms with Crippen LogP contribution in [0.4, 0.5) is 0 Å². The number of nitrogens with zero attached hydrogens (tertiary/aromatic N) is 4. The van der Waals surface area contributed by atoms with Gasteiger partial charge in [-0.2, -0.15) is 5.26 Å². The molecule has 0 spiro atoms. The fourth-order valence-corrected chi connectivity index (χ4v) is 5.90. The van der Waals surface area contributed by atoms with Crippen LogP contribution in [0.3, 0.4) is 0 Å². The smallest absolute Gasteiger partial charge is 0.224 e. The molecule has 0 bridgehead atoms. The highest BCUT2D eigenvalue weighted by molar-refractivity contribution is 6.31. The lowest BCUT2D eigenvalue weighted by atomic mass is 9.89. The quantitative estimate of drug-likeness (QED) is 0.270. The predicted molar refractivity (Wildman–Crippen MR) is 158 cm³/mol. The number of imidazole rings is 1. The molecule has 1 saturated heterocycles. The van der Waals surface area contributed by atoms with Gasteiger partial charge in [-0.25, -0.2) is 4.98 Å². The number of hydrogen-bond donors (Lipinski definition) is 1. The summed E-state index contributed by atoms with van der Waals surface area (Å²) < 4.78 is 2.05. The molecule has 7 heteroatoms. The summed E-state index contributed by atoms with van der Waals surface area (Å²) in [5, 5.41) is 13.1. The standard InChI is InChI=1S/C33H34ClN5O/c1-24(32-19-36-23-39(32)20-26-15-13-25(18-35)14-16-26)37-33(40)28-10-7-17-38(21-28)22-30(27-8-3-2-4-9-27)29-11-5-6-12-31(29)34/h2-6,8-9,11-16,19,23-24,28,30H,7,10,17,20-22H2,1H3,(H,37,40)/t24-,28?,30?/m0/s1. The second-order valence-electron chi connectivity index (χ2n) is 10.6. The van der Waals surface area contributed by atoms with E-state index in [-0.39, 0.29) is 23.8 Å². The van der Waals surface area contributed by atoms with Crippen molar-refractivity contribution in [3.8, 4) is 6.07 Å². The van der Waals surface area contributed by atoms with Crippen molar-refractivity contribution in [3.05, 3.63) is 124 Å². The maximum Gasteiger partial charge on any atom is 0.224 e. The van der Waals surface area contributed by atoms with Crippen LogP contribution in [0, 0.1) is 17.2 Å². The highest BCUT2D eigenvalue weighted by atomic mass is 35.5. The lowest BCUT2D eigenvalue weighted by Gasteiger charge is -2.35. The zero-order valence-corrected chi connectivity index (χ0v) is 23.5. The van der Waals surface area contributed by atoms with Gasteiger partial charge in [-0.05, 0) is 61.2 Å². The fraction of sp³-hybridized carbons (Fsp3) is 0.303. The van der Waals surface area contributed by atoms with E-state index >= 15 is 0 Å². The summed E-state index contributed by atoms with van der Waals surface area (Å²) in [5.74, 6) is 0.137. The van der Waals surface area contributed by atoms with Crippen molar-refractivity contribution in [2.45, 2.75) is 38.3 Å². The molecule has 1 N–H and O–H groups in total. The van der Waals surface area contributed by atoms with Crippen molar-refractivity contribution in [3.63, 3.8) is 0 Å². The molecule has 0 aliphatic carbocycles. The van der Waals surface area contributed by atoms with Gasteiger partial charge in [-0.1, -0.05) is 72.3 Å². The van der Waals surface area contributed by atoms with E-state index in [1.54, 1.807) is 6.33 Å². The van der Waals surface area contributed by atoms with E-state index in [1.165, 1.54) is 5.56 Å². The van der Waals surface area contributed by atoms with E-state index in [4.69, 9.17) is 16.9 Å². The van der Waals surface area contributed by atoms with Gasteiger partial charge in [0.2, 0.25) is 5.91 Å². The van der Waals surface area contributed by atoms with Crippen molar-refractivity contribution in [2.75, 3.05) is 19.6 Å². The molecule has 2 unspecified atom stereocenters. The Morgan fingerprint density at radius 3 is 2.60 bits per heavy atom. The molecule has 4 aromatic rings. The lowest BCUT2D eigenvalue weighted by Crippen LogP contribution is -2.45. The fourth-order valence-electron chi connectivity index (χ4n) is 5.63. The van der Waals surface area contributed by atoms with Crippen molar-refractivity contribution in [1.29, 1.82) is 5.26 Å². The first-order valence-corrected chi connectivity index (χ1v) is 14.2. The molecule has 1 fully saturated rings. The van der Waals surface area contributed by atoms with Gasteiger partial charge in [0.15, 0.2) is 0 Å². The van der Waals surface area contributed by atoms with E-state index in [9.17, 15) is 4.79 Å². The van der Waals surface area contributed by atoms with Gasteiger partial charge in [0.05, 0.1) is 41.8 Å². The molecule has 3 atom stereocenters. The largest absolute Gasteiger partial charge is 0.348 e. The molecule has 3 aromatic carbocycles. The molecule has 1 aliphatic heterocycles. The zero-order chi connectivity index (χ0) is 27.9. The maximum atomic E-state index is 13.5. The number of halogens is 1. The maximum absolute atomic E-state index is 13.5. The van der Waals surface area contributed by atoms with E-state index in [2.05, 4.69) is 51.6 Å². The summed E-state index contributed by atoms with van der Waals surface area (Å²) in [7, 11) is 0. The van der Waals surface area contributed by atoms with Crippen molar-refractivity contribution < 1.29 is 4.79 Å². The van der Waals surface area contributed by atoms with Crippen LogP contribution >= 0.6 is 11.6 Å². The molecule has 40 heavy (non-hydrogen) atoms. The Labute approximate surface area is 241 Å². The van der Waals surface area contributed by atoms with Crippen molar-refractivity contribution in [1.82, 2.24) is 19.8 Å². The van der Waals surface area contributed by atoms with Crippen molar-refractivity contribution in [2.24, 2.45) is 5.92 Å². The Morgan fingerprint density at radius 1 is 1.10 bits per heavy atom. The normalized spacial score (nSPS) is 17.1. The number of carbonyl (C=O) groups excluding carboxylic acids is 1. The Bertz CT molecular complexity index is 1460. The molecule has 1 amide bonds. The van der Waals surface area contributed by atoms with Crippen LogP contribution in [0.15, 0.2) is 91.4 Å². The summed E-state index contributed by atoms with van der Waals surface area (Å²) in [5.41, 5.74) is 5.01. The second-order valence-corrected chi connectivity index (χ2v) is 11.0. The summed E-state index contributed by atoms with van der Waals surface area (Å²) in [6, 6.07) is 28.1. The third-order valence-electron chi connectivity index (χ3n) is 7.78. The average molecular weight is 552 g/mol. The molecule has 5 rings (SSSR count). The van der Waals surface area contributed by atoms with E-state index in [1.807, 2.05) is 66.2 Å². The number of rotatable bonds is 9. The van der Waals surface area contributed by atoms with Gasteiger partial charge in [0.25, 0.3) is 0 Å². The van der Waals surface area contributed by atoms with Gasteiger partial charge in [0, 0.05) is 30.6 Å². The van der Waals surface area contributed by atoms with Gasteiger partial charge in [0.1, 0.15) is 0 Å². The molecule has 6 nitrogen and oxygen atoms in total. The number of benzene rings is 3. The third-order valence-corrected chi connectivity index (χ3v) is 8.13. The van der Waals surface area contributed by atoms with E-state index < -0.39 is 0 Å². The summed E-state index contributed by atoms with van der Waals surface area (Å²) in [4.78, 5) is 20.2. The van der Waals surface area contributed by atoms with E-state index in [0.29, 0.717) is 12.1 Å². The van der Waals surface area contributed by atoms with Crippen LogP contribution in [0.2, 0.25) is 5.02 Å². The lowest BCUT2D eigenvalue weighted by molar-refractivity contribution is -0.127. The molecular formula is C33H34ClN5O. The van der Waals surface area contributed by atoms with Crippen LogP contribution in [-0.4, -0.2) is 40.0 Å². The SMILES string of the molecule is C[C@H](NC(=O)C1CCCN(CC(c2ccccc2)c2ccccc2Cl)C1)c1cncn1Cc1ccc(C#N)cc1. The molecule has 1 aliphatic rings. The summed E-state index contributed by atoms with van der Waals surface area (Å²) in [6.45, 7) is 5.13. The topological polar surface area (TPSA) is 74.0 Å².